The molecule has 0 heterocycles. The molecule has 11 heavy (non-hydrogen) atoms. The molecule has 0 amide bonds. The summed E-state index contributed by atoms with van der Waals surface area (Å²) in [5.41, 5.74) is 3.10. The zero-order chi connectivity index (χ0) is 8.27. The van der Waals surface area contributed by atoms with Crippen molar-refractivity contribution in [2.24, 2.45) is 5.92 Å². The van der Waals surface area contributed by atoms with Crippen LogP contribution in [0.4, 0.5) is 0 Å². The van der Waals surface area contributed by atoms with Gasteiger partial charge in [-0.1, -0.05) is 31.6 Å². The molecule has 1 rings (SSSR count). The Bertz CT molecular complexity index is 184. The van der Waals surface area contributed by atoms with Gasteiger partial charge in [0.1, 0.15) is 0 Å². The number of rotatable bonds is 2. The third-order valence-corrected chi connectivity index (χ3v) is 2.51. The summed E-state index contributed by atoms with van der Waals surface area (Å²) in [4.78, 5) is 0. The Balaban J connectivity index is 2.65. The van der Waals surface area contributed by atoms with E-state index in [0.29, 0.717) is 0 Å². The molecule has 0 bridgehead atoms. The molecular weight excluding hydrogens is 132 g/mol. The molecule has 0 aromatic carbocycles. The van der Waals surface area contributed by atoms with Crippen molar-refractivity contribution in [2.45, 2.75) is 40.0 Å². The summed E-state index contributed by atoms with van der Waals surface area (Å²) in [7, 11) is 0. The fraction of sp³-hybridized carbons (Fsp3) is 0.636. The molecule has 0 aliphatic heterocycles. The Morgan fingerprint density at radius 3 is 2.82 bits per heavy atom. The van der Waals surface area contributed by atoms with Crippen molar-refractivity contribution in [3.05, 3.63) is 23.3 Å². The second-order valence-corrected chi connectivity index (χ2v) is 3.54. The topological polar surface area (TPSA) is 0 Å². The molecule has 62 valence electrons. The monoisotopic (exact) mass is 150 g/mol. The van der Waals surface area contributed by atoms with Gasteiger partial charge in [-0.2, -0.15) is 0 Å². The average molecular weight is 150 g/mol. The summed E-state index contributed by atoms with van der Waals surface area (Å²) in [6, 6.07) is 0. The lowest BCUT2D eigenvalue weighted by atomic mass is 9.91. The average Bonchev–Trinajstić information content (AvgIpc) is 2.03. The fourth-order valence-corrected chi connectivity index (χ4v) is 1.46. The molecule has 0 heteroatoms. The molecule has 0 fully saturated rings. The number of hydrogen-bond donors (Lipinski definition) is 0. The van der Waals surface area contributed by atoms with E-state index in [1.54, 1.807) is 11.1 Å². The summed E-state index contributed by atoms with van der Waals surface area (Å²) in [5, 5.41) is 0. The Morgan fingerprint density at radius 2 is 2.27 bits per heavy atom. The van der Waals surface area contributed by atoms with Crippen molar-refractivity contribution in [2.75, 3.05) is 0 Å². The van der Waals surface area contributed by atoms with E-state index in [2.05, 4.69) is 32.9 Å². The van der Waals surface area contributed by atoms with Gasteiger partial charge in [0, 0.05) is 0 Å². The Labute approximate surface area is 70.0 Å². The molecule has 0 saturated carbocycles. The molecule has 1 atom stereocenters. The Hall–Kier alpha value is -0.520. The van der Waals surface area contributed by atoms with Crippen LogP contribution in [0.3, 0.4) is 0 Å². The predicted molar refractivity (Wildman–Crippen MR) is 50.5 cm³/mol. The van der Waals surface area contributed by atoms with Gasteiger partial charge in [0.2, 0.25) is 0 Å². The largest absolute Gasteiger partial charge is 0.0807 e. The van der Waals surface area contributed by atoms with Crippen LogP contribution in [0.15, 0.2) is 23.3 Å². The standard InChI is InChI=1S/C11H18/c1-4-10(3)11-7-5-6-9(2)8-11/h7-8,10H,4-6H2,1-3H3. The van der Waals surface area contributed by atoms with E-state index in [1.165, 1.54) is 19.3 Å². The number of hydrogen-bond acceptors (Lipinski definition) is 0. The summed E-state index contributed by atoms with van der Waals surface area (Å²) < 4.78 is 0. The zero-order valence-electron chi connectivity index (χ0n) is 7.85. The van der Waals surface area contributed by atoms with Crippen molar-refractivity contribution in [1.29, 1.82) is 0 Å². The van der Waals surface area contributed by atoms with Crippen LogP contribution in [-0.4, -0.2) is 0 Å². The minimum Gasteiger partial charge on any atom is -0.0807 e. The molecule has 0 spiro atoms. The van der Waals surface area contributed by atoms with E-state index >= 15 is 0 Å². The quantitative estimate of drug-likeness (QED) is 0.563. The molecule has 0 radical (unpaired) electrons. The summed E-state index contributed by atoms with van der Waals surface area (Å²) in [6.07, 6.45) is 8.52. The molecule has 0 aromatic heterocycles. The van der Waals surface area contributed by atoms with E-state index in [9.17, 15) is 0 Å². The first-order valence-electron chi connectivity index (χ1n) is 4.61. The van der Waals surface area contributed by atoms with E-state index < -0.39 is 0 Å². The Kier molecular flexibility index (Phi) is 2.92. The molecule has 1 unspecified atom stereocenters. The minimum atomic E-state index is 0.755. The van der Waals surface area contributed by atoms with Crippen LogP contribution in [-0.2, 0) is 0 Å². The lowest BCUT2D eigenvalue weighted by Gasteiger charge is -2.15. The summed E-state index contributed by atoms with van der Waals surface area (Å²) >= 11 is 0. The molecule has 1 aliphatic carbocycles. The minimum absolute atomic E-state index is 0.755. The van der Waals surface area contributed by atoms with E-state index in [0.717, 1.165) is 5.92 Å². The van der Waals surface area contributed by atoms with Crippen molar-refractivity contribution in [3.63, 3.8) is 0 Å². The van der Waals surface area contributed by atoms with Crippen LogP contribution in [0.25, 0.3) is 0 Å². The maximum atomic E-state index is 2.39. The second-order valence-electron chi connectivity index (χ2n) is 3.54. The molecular formula is C11H18. The van der Waals surface area contributed by atoms with Crippen LogP contribution in [0.5, 0.6) is 0 Å². The molecule has 0 saturated heterocycles. The first kappa shape index (κ1) is 8.58. The van der Waals surface area contributed by atoms with Crippen molar-refractivity contribution < 1.29 is 0 Å². The molecule has 0 aromatic rings. The van der Waals surface area contributed by atoms with Gasteiger partial charge >= 0.3 is 0 Å². The second kappa shape index (κ2) is 3.75. The highest BCUT2D eigenvalue weighted by Crippen LogP contribution is 2.23. The van der Waals surface area contributed by atoms with Crippen LogP contribution in [0.2, 0.25) is 0 Å². The Morgan fingerprint density at radius 1 is 1.55 bits per heavy atom. The number of allylic oxidation sites excluding steroid dienone is 4. The third-order valence-electron chi connectivity index (χ3n) is 2.51. The van der Waals surface area contributed by atoms with Crippen LogP contribution < -0.4 is 0 Å². The fourth-order valence-electron chi connectivity index (χ4n) is 1.46. The lowest BCUT2D eigenvalue weighted by molar-refractivity contribution is 0.659. The highest BCUT2D eigenvalue weighted by molar-refractivity contribution is 5.28. The van der Waals surface area contributed by atoms with E-state index in [-0.39, 0.29) is 0 Å². The normalized spacial score (nSPS) is 20.6. The van der Waals surface area contributed by atoms with Gasteiger partial charge in [-0.15, -0.1) is 0 Å². The first-order chi connectivity index (χ1) is 5.24. The van der Waals surface area contributed by atoms with Gasteiger partial charge in [-0.05, 0) is 37.7 Å². The smallest absolute Gasteiger partial charge is 0.0196 e. The summed E-state index contributed by atoms with van der Waals surface area (Å²) in [5.74, 6) is 0.755. The third kappa shape index (κ3) is 2.21. The molecule has 0 nitrogen and oxygen atoms in total. The van der Waals surface area contributed by atoms with Gasteiger partial charge in [-0.25, -0.2) is 0 Å². The van der Waals surface area contributed by atoms with Crippen LogP contribution >= 0.6 is 0 Å². The predicted octanol–water partition coefficient (Wildman–Crippen LogP) is 3.70. The maximum Gasteiger partial charge on any atom is -0.0196 e. The van der Waals surface area contributed by atoms with Gasteiger partial charge in [0.15, 0.2) is 0 Å². The van der Waals surface area contributed by atoms with Crippen molar-refractivity contribution in [1.82, 2.24) is 0 Å². The van der Waals surface area contributed by atoms with Crippen LogP contribution in [0.1, 0.15) is 40.0 Å². The van der Waals surface area contributed by atoms with E-state index in [4.69, 9.17) is 0 Å². The van der Waals surface area contributed by atoms with Crippen molar-refractivity contribution in [3.8, 4) is 0 Å². The molecule has 0 N–H and O–H groups in total. The van der Waals surface area contributed by atoms with Crippen molar-refractivity contribution >= 4 is 0 Å². The first-order valence-corrected chi connectivity index (χ1v) is 4.61. The molecule has 1 aliphatic rings. The SMILES string of the molecule is CCC(C)C1=CCCC(C)=C1. The van der Waals surface area contributed by atoms with Gasteiger partial charge in [0.05, 0.1) is 0 Å². The van der Waals surface area contributed by atoms with Crippen LogP contribution in [0, 0.1) is 5.92 Å². The summed E-state index contributed by atoms with van der Waals surface area (Å²) in [6.45, 7) is 6.79. The lowest BCUT2D eigenvalue weighted by Crippen LogP contribution is -1.99. The van der Waals surface area contributed by atoms with Gasteiger partial charge in [0.25, 0.3) is 0 Å². The van der Waals surface area contributed by atoms with Gasteiger partial charge < -0.3 is 0 Å². The highest BCUT2D eigenvalue weighted by atomic mass is 14.1. The van der Waals surface area contributed by atoms with E-state index in [1.807, 2.05) is 0 Å². The maximum absolute atomic E-state index is 2.39. The zero-order valence-corrected chi connectivity index (χ0v) is 7.85. The van der Waals surface area contributed by atoms with Gasteiger partial charge in [-0.3, -0.25) is 0 Å². The highest BCUT2D eigenvalue weighted by Gasteiger charge is 2.07.